The Labute approximate surface area is 482 Å². The van der Waals surface area contributed by atoms with Crippen LogP contribution in [0.25, 0.3) is 0 Å². The normalized spacial score (nSPS) is 14.2. The molecular formula is C68H123N2O7P. The fraction of sp³-hybridized carbons (Fsp3) is 0.765. The van der Waals surface area contributed by atoms with Gasteiger partial charge in [0.2, 0.25) is 5.91 Å². The van der Waals surface area contributed by atoms with Crippen molar-refractivity contribution in [3.05, 3.63) is 85.1 Å². The monoisotopic (exact) mass is 1110 g/mol. The van der Waals surface area contributed by atoms with Gasteiger partial charge in [-0.15, -0.1) is 0 Å². The van der Waals surface area contributed by atoms with Crippen molar-refractivity contribution >= 4 is 19.7 Å². The fourth-order valence-electron chi connectivity index (χ4n) is 9.02. The minimum atomic E-state index is -4.71. The molecule has 10 heteroatoms. The number of quaternary nitrogens is 1. The Morgan fingerprint density at radius 1 is 0.449 bits per heavy atom. The van der Waals surface area contributed by atoms with Gasteiger partial charge in [-0.1, -0.05) is 254 Å². The minimum absolute atomic E-state index is 0.0333. The van der Waals surface area contributed by atoms with Crippen molar-refractivity contribution in [2.45, 2.75) is 296 Å². The molecule has 0 aromatic carbocycles. The van der Waals surface area contributed by atoms with E-state index in [1.165, 1.54) is 167 Å². The lowest BCUT2D eigenvalue weighted by Crippen LogP contribution is -2.47. The molecule has 0 fully saturated rings. The number of amides is 1. The number of hydrogen-bond acceptors (Lipinski definition) is 7. The molecule has 0 aliphatic rings. The van der Waals surface area contributed by atoms with Crippen LogP contribution in [0, 0.1) is 0 Å². The van der Waals surface area contributed by atoms with E-state index in [0.717, 1.165) is 77.0 Å². The summed E-state index contributed by atoms with van der Waals surface area (Å²) < 4.78 is 30.3. The summed E-state index contributed by atoms with van der Waals surface area (Å²) in [5.74, 6) is -0.605. The van der Waals surface area contributed by atoms with Crippen LogP contribution in [0.3, 0.4) is 0 Å². The SMILES string of the molecule is CCCCC/C=C\C/C=C\C/C=C\C/C=C\CCCC(=O)OC(/C=C\CCCCCCCCCCCC)C(COP(=O)([O-])OCC[N+](C)(C)C)NC(=O)CCCCCCCCCCCCCCC/C=C\C/C=C\CCCCC. The number of allylic oxidation sites excluding steroid dienone is 13. The van der Waals surface area contributed by atoms with Crippen LogP contribution in [0.2, 0.25) is 0 Å². The summed E-state index contributed by atoms with van der Waals surface area (Å²) in [6.07, 6.45) is 75.6. The zero-order chi connectivity index (χ0) is 57.2. The van der Waals surface area contributed by atoms with Crippen molar-refractivity contribution in [1.82, 2.24) is 5.32 Å². The van der Waals surface area contributed by atoms with Crippen LogP contribution in [-0.2, 0) is 27.9 Å². The maximum Gasteiger partial charge on any atom is 0.306 e. The Kier molecular flexibility index (Phi) is 55.4. The zero-order valence-corrected chi connectivity index (χ0v) is 52.5. The zero-order valence-electron chi connectivity index (χ0n) is 51.6. The number of likely N-dealkylation sites (N-methyl/N-ethyl adjacent to an activating group) is 1. The molecule has 78 heavy (non-hydrogen) atoms. The molecule has 0 aromatic rings. The second-order valence-electron chi connectivity index (χ2n) is 22.9. The quantitative estimate of drug-likeness (QED) is 0.0212. The highest BCUT2D eigenvalue weighted by Gasteiger charge is 2.27. The van der Waals surface area contributed by atoms with E-state index in [1.807, 2.05) is 33.3 Å². The molecule has 0 spiro atoms. The highest BCUT2D eigenvalue weighted by atomic mass is 31.2. The average molecular weight is 1110 g/mol. The van der Waals surface area contributed by atoms with Crippen LogP contribution >= 0.6 is 7.82 Å². The van der Waals surface area contributed by atoms with Crippen molar-refractivity contribution < 1.29 is 37.3 Å². The number of esters is 1. The minimum Gasteiger partial charge on any atom is -0.756 e. The van der Waals surface area contributed by atoms with Gasteiger partial charge >= 0.3 is 5.97 Å². The van der Waals surface area contributed by atoms with Crippen LogP contribution in [0.4, 0.5) is 0 Å². The molecule has 1 amide bonds. The number of phosphoric ester groups is 1. The van der Waals surface area contributed by atoms with E-state index in [1.54, 1.807) is 0 Å². The van der Waals surface area contributed by atoms with Gasteiger partial charge in [-0.2, -0.15) is 0 Å². The van der Waals surface area contributed by atoms with Crippen LogP contribution in [0.5, 0.6) is 0 Å². The van der Waals surface area contributed by atoms with Gasteiger partial charge in [0.1, 0.15) is 19.3 Å². The number of carbonyl (C=O) groups excluding carboxylic acids is 2. The number of unbranched alkanes of at least 4 members (excludes halogenated alkanes) is 30. The summed E-state index contributed by atoms with van der Waals surface area (Å²) in [4.78, 5) is 40.0. The predicted octanol–water partition coefficient (Wildman–Crippen LogP) is 19.5. The molecule has 0 saturated carbocycles. The molecule has 1 N–H and O–H groups in total. The summed E-state index contributed by atoms with van der Waals surface area (Å²) in [6, 6.07) is -0.914. The first kappa shape index (κ1) is 75.2. The molecule has 0 saturated heterocycles. The van der Waals surface area contributed by atoms with E-state index in [4.69, 9.17) is 13.8 Å². The maximum atomic E-state index is 13.6. The maximum absolute atomic E-state index is 13.6. The van der Waals surface area contributed by atoms with Crippen LogP contribution in [0.15, 0.2) is 85.1 Å². The fourth-order valence-corrected chi connectivity index (χ4v) is 9.74. The van der Waals surface area contributed by atoms with Gasteiger partial charge in [0, 0.05) is 12.8 Å². The van der Waals surface area contributed by atoms with Gasteiger partial charge < -0.3 is 28.5 Å². The molecule has 0 aliphatic heterocycles. The number of carbonyl (C=O) groups is 2. The third-order valence-corrected chi connectivity index (χ3v) is 15.0. The summed E-state index contributed by atoms with van der Waals surface area (Å²) in [7, 11) is 1.15. The summed E-state index contributed by atoms with van der Waals surface area (Å²) in [5, 5.41) is 3.02. The molecule has 0 aromatic heterocycles. The van der Waals surface area contributed by atoms with Gasteiger partial charge in [-0.05, 0) is 102 Å². The largest absolute Gasteiger partial charge is 0.756 e. The van der Waals surface area contributed by atoms with E-state index in [-0.39, 0.29) is 18.9 Å². The van der Waals surface area contributed by atoms with Crippen LogP contribution in [0.1, 0.15) is 284 Å². The van der Waals surface area contributed by atoms with E-state index in [0.29, 0.717) is 23.9 Å². The number of rotatable bonds is 58. The topological polar surface area (TPSA) is 114 Å². The van der Waals surface area contributed by atoms with E-state index in [9.17, 15) is 19.0 Å². The first-order valence-electron chi connectivity index (χ1n) is 32.4. The highest BCUT2D eigenvalue weighted by Crippen LogP contribution is 2.38. The number of nitrogens with one attached hydrogen (secondary N) is 1. The van der Waals surface area contributed by atoms with Gasteiger partial charge in [0.05, 0.1) is 33.8 Å². The Hall–Kier alpha value is -2.81. The van der Waals surface area contributed by atoms with E-state index in [2.05, 4.69) is 99.0 Å². The number of phosphoric acid groups is 1. The molecule has 9 nitrogen and oxygen atoms in total. The lowest BCUT2D eigenvalue weighted by Gasteiger charge is -2.30. The summed E-state index contributed by atoms with van der Waals surface area (Å²) in [5.41, 5.74) is 0. The Morgan fingerprint density at radius 3 is 1.22 bits per heavy atom. The first-order chi connectivity index (χ1) is 37.9. The van der Waals surface area contributed by atoms with Crippen molar-refractivity contribution in [3.63, 3.8) is 0 Å². The lowest BCUT2D eigenvalue weighted by molar-refractivity contribution is -0.870. The molecule has 0 heterocycles. The van der Waals surface area contributed by atoms with Gasteiger partial charge in [0.25, 0.3) is 7.82 Å². The number of ether oxygens (including phenoxy) is 1. The third kappa shape index (κ3) is 57.9. The van der Waals surface area contributed by atoms with E-state index >= 15 is 0 Å². The van der Waals surface area contributed by atoms with E-state index < -0.39 is 32.5 Å². The third-order valence-electron chi connectivity index (χ3n) is 14.0. The number of nitrogens with zero attached hydrogens (tertiary/aromatic N) is 1. The standard InChI is InChI=1S/C68H123N2O7P/c1-7-10-13-16-19-22-25-28-30-32-33-34-35-36-37-39-40-42-45-48-51-54-57-60-67(71)69-65(64-76-78(73,74)75-63-62-70(4,5)6)66(59-56-53-50-47-44-27-24-21-18-15-12-9-3)77-68(72)61-58-55-52-49-46-43-41-38-31-29-26-23-20-17-14-11-8-2/h19-20,22-23,28-31,41,43,49,52,56,59,65-66H,7-18,21,24-27,32-40,42,44-48,50-51,53-55,57-58,60-64H2,1-6H3,(H-,69,71,73,74)/b22-19-,23-20-,30-28-,31-29-,43-41-,52-49-,59-56-. The highest BCUT2D eigenvalue weighted by molar-refractivity contribution is 7.45. The molecule has 0 aliphatic carbocycles. The van der Waals surface area contributed by atoms with Crippen LogP contribution < -0.4 is 10.2 Å². The lowest BCUT2D eigenvalue weighted by atomic mass is 10.0. The van der Waals surface area contributed by atoms with Crippen molar-refractivity contribution in [2.75, 3.05) is 40.9 Å². The van der Waals surface area contributed by atoms with Crippen LogP contribution in [-0.4, -0.2) is 69.4 Å². The Morgan fingerprint density at radius 2 is 0.795 bits per heavy atom. The first-order valence-corrected chi connectivity index (χ1v) is 33.9. The second-order valence-corrected chi connectivity index (χ2v) is 24.3. The van der Waals surface area contributed by atoms with Crippen molar-refractivity contribution in [1.29, 1.82) is 0 Å². The smallest absolute Gasteiger partial charge is 0.306 e. The molecule has 3 atom stereocenters. The van der Waals surface area contributed by atoms with Gasteiger partial charge in [-0.3, -0.25) is 14.2 Å². The molecule has 0 rings (SSSR count). The van der Waals surface area contributed by atoms with Crippen molar-refractivity contribution in [3.8, 4) is 0 Å². The number of hydrogen-bond donors (Lipinski definition) is 1. The Bertz CT molecular complexity index is 1610. The molecule has 0 radical (unpaired) electrons. The summed E-state index contributed by atoms with van der Waals surface area (Å²) in [6.45, 7) is 6.76. The molecule has 0 bridgehead atoms. The van der Waals surface area contributed by atoms with Gasteiger partial charge in [-0.25, -0.2) is 0 Å². The Balaban J connectivity index is 5.23. The second kappa shape index (κ2) is 57.4. The summed E-state index contributed by atoms with van der Waals surface area (Å²) >= 11 is 0. The average Bonchev–Trinajstić information content (AvgIpc) is 3.40. The van der Waals surface area contributed by atoms with Crippen molar-refractivity contribution in [2.24, 2.45) is 0 Å². The van der Waals surface area contributed by atoms with Gasteiger partial charge in [0.15, 0.2) is 0 Å². The molecule has 3 unspecified atom stereocenters. The molecule has 452 valence electrons. The predicted molar refractivity (Wildman–Crippen MR) is 335 cm³/mol. The molecular weight excluding hydrogens is 988 g/mol.